The number of carbonyl (C=O) groups is 1. The zero-order valence-corrected chi connectivity index (χ0v) is 14.1. The third-order valence-electron chi connectivity index (χ3n) is 4.10. The van der Waals surface area contributed by atoms with Gasteiger partial charge in [0.15, 0.2) is 0 Å². The maximum atomic E-state index is 12.2. The van der Waals surface area contributed by atoms with E-state index < -0.39 is 0 Å². The van der Waals surface area contributed by atoms with E-state index in [9.17, 15) is 4.79 Å². The summed E-state index contributed by atoms with van der Waals surface area (Å²) in [5.41, 5.74) is 0.995. The molecule has 1 aliphatic rings. The second-order valence-electron chi connectivity index (χ2n) is 5.68. The van der Waals surface area contributed by atoms with Crippen molar-refractivity contribution in [3.05, 3.63) is 28.2 Å². The van der Waals surface area contributed by atoms with E-state index in [0.29, 0.717) is 22.4 Å². The van der Waals surface area contributed by atoms with Crippen LogP contribution in [0.4, 0.5) is 5.69 Å². The molecule has 0 aliphatic carbocycles. The SMILES string of the molecule is CCC(C)CC(=O)N1CCN(c2ccc(Cl)cc2Cl)CC1. The molecule has 0 spiro atoms. The van der Waals surface area contributed by atoms with E-state index in [4.69, 9.17) is 23.2 Å². The van der Waals surface area contributed by atoms with Crippen molar-refractivity contribution in [2.75, 3.05) is 31.1 Å². The third-order valence-corrected chi connectivity index (χ3v) is 4.64. The molecule has 0 bridgehead atoms. The maximum absolute atomic E-state index is 12.2. The molecule has 0 saturated carbocycles. The van der Waals surface area contributed by atoms with Gasteiger partial charge >= 0.3 is 0 Å². The van der Waals surface area contributed by atoms with Gasteiger partial charge < -0.3 is 9.80 Å². The molecular formula is C16H22Cl2N2O. The number of rotatable bonds is 4. The van der Waals surface area contributed by atoms with Crippen LogP contribution in [0.3, 0.4) is 0 Å². The summed E-state index contributed by atoms with van der Waals surface area (Å²) in [7, 11) is 0. The van der Waals surface area contributed by atoms with E-state index in [2.05, 4.69) is 18.7 Å². The Morgan fingerprint density at radius 3 is 2.48 bits per heavy atom. The fourth-order valence-electron chi connectivity index (χ4n) is 2.51. The highest BCUT2D eigenvalue weighted by molar-refractivity contribution is 6.36. The summed E-state index contributed by atoms with van der Waals surface area (Å²) in [6, 6.07) is 5.56. The first-order valence-electron chi connectivity index (χ1n) is 7.49. The number of hydrogen-bond donors (Lipinski definition) is 0. The van der Waals surface area contributed by atoms with Gasteiger partial charge in [-0.05, 0) is 24.1 Å². The Kier molecular flexibility index (Phi) is 5.77. The van der Waals surface area contributed by atoms with E-state index in [0.717, 1.165) is 38.3 Å². The van der Waals surface area contributed by atoms with Gasteiger partial charge in [-0.25, -0.2) is 0 Å². The molecule has 1 unspecified atom stereocenters. The molecular weight excluding hydrogens is 307 g/mol. The average molecular weight is 329 g/mol. The van der Waals surface area contributed by atoms with Crippen LogP contribution in [-0.2, 0) is 4.79 Å². The van der Waals surface area contributed by atoms with Crippen molar-refractivity contribution in [1.29, 1.82) is 0 Å². The van der Waals surface area contributed by atoms with Gasteiger partial charge in [0.05, 0.1) is 10.7 Å². The van der Waals surface area contributed by atoms with Crippen molar-refractivity contribution >= 4 is 34.8 Å². The molecule has 21 heavy (non-hydrogen) atoms. The fraction of sp³-hybridized carbons (Fsp3) is 0.562. The van der Waals surface area contributed by atoms with Gasteiger partial charge in [-0.3, -0.25) is 4.79 Å². The molecule has 0 N–H and O–H groups in total. The fourth-order valence-corrected chi connectivity index (χ4v) is 3.03. The maximum Gasteiger partial charge on any atom is 0.222 e. The minimum absolute atomic E-state index is 0.270. The lowest BCUT2D eigenvalue weighted by molar-refractivity contribution is -0.132. The Hall–Kier alpha value is -0.930. The number of carbonyl (C=O) groups excluding carboxylic acids is 1. The van der Waals surface area contributed by atoms with E-state index in [-0.39, 0.29) is 5.91 Å². The number of anilines is 1. The van der Waals surface area contributed by atoms with Gasteiger partial charge in [0.2, 0.25) is 5.91 Å². The summed E-state index contributed by atoms with van der Waals surface area (Å²) in [6.45, 7) is 7.39. The molecule has 1 aromatic carbocycles. The highest BCUT2D eigenvalue weighted by Crippen LogP contribution is 2.29. The lowest BCUT2D eigenvalue weighted by Crippen LogP contribution is -2.49. The Morgan fingerprint density at radius 1 is 1.24 bits per heavy atom. The topological polar surface area (TPSA) is 23.6 Å². The van der Waals surface area contributed by atoms with Gasteiger partial charge in [0.1, 0.15) is 0 Å². The quantitative estimate of drug-likeness (QED) is 0.831. The second-order valence-corrected chi connectivity index (χ2v) is 6.52. The first-order valence-corrected chi connectivity index (χ1v) is 8.24. The first-order chi connectivity index (χ1) is 10.0. The lowest BCUT2D eigenvalue weighted by atomic mass is 10.0. The molecule has 1 atom stereocenters. The summed E-state index contributed by atoms with van der Waals surface area (Å²) in [5.74, 6) is 0.729. The lowest BCUT2D eigenvalue weighted by Gasteiger charge is -2.37. The molecule has 1 amide bonds. The van der Waals surface area contributed by atoms with Crippen molar-refractivity contribution in [2.45, 2.75) is 26.7 Å². The van der Waals surface area contributed by atoms with Crippen LogP contribution >= 0.6 is 23.2 Å². The second kappa shape index (κ2) is 7.37. The highest BCUT2D eigenvalue weighted by atomic mass is 35.5. The number of piperazine rings is 1. The Labute approximate surface area is 136 Å². The summed E-state index contributed by atoms with van der Waals surface area (Å²) in [6.07, 6.45) is 1.70. The normalized spacial score (nSPS) is 17.0. The van der Waals surface area contributed by atoms with E-state index in [1.54, 1.807) is 6.07 Å². The average Bonchev–Trinajstić information content (AvgIpc) is 2.47. The van der Waals surface area contributed by atoms with Crippen LogP contribution in [-0.4, -0.2) is 37.0 Å². The minimum atomic E-state index is 0.270. The minimum Gasteiger partial charge on any atom is -0.367 e. The number of benzene rings is 1. The van der Waals surface area contributed by atoms with Crippen LogP contribution in [0.5, 0.6) is 0 Å². The molecule has 3 nitrogen and oxygen atoms in total. The molecule has 1 aliphatic heterocycles. The predicted octanol–water partition coefficient (Wildman–Crippen LogP) is 4.08. The van der Waals surface area contributed by atoms with Gasteiger partial charge in [-0.15, -0.1) is 0 Å². The van der Waals surface area contributed by atoms with Gasteiger partial charge in [-0.1, -0.05) is 43.5 Å². The van der Waals surface area contributed by atoms with Gasteiger partial charge in [-0.2, -0.15) is 0 Å². The summed E-state index contributed by atoms with van der Waals surface area (Å²) >= 11 is 12.2. The van der Waals surface area contributed by atoms with Gasteiger partial charge in [0, 0.05) is 37.6 Å². The van der Waals surface area contributed by atoms with Crippen molar-refractivity contribution in [3.8, 4) is 0 Å². The van der Waals surface area contributed by atoms with Crippen molar-refractivity contribution < 1.29 is 4.79 Å². The number of hydrogen-bond acceptors (Lipinski definition) is 2. The zero-order chi connectivity index (χ0) is 15.4. The summed E-state index contributed by atoms with van der Waals surface area (Å²) in [4.78, 5) is 16.4. The first kappa shape index (κ1) is 16.4. The number of amides is 1. The van der Waals surface area contributed by atoms with Gasteiger partial charge in [0.25, 0.3) is 0 Å². The monoisotopic (exact) mass is 328 g/mol. The van der Waals surface area contributed by atoms with Crippen molar-refractivity contribution in [3.63, 3.8) is 0 Å². The number of nitrogens with zero attached hydrogens (tertiary/aromatic N) is 2. The van der Waals surface area contributed by atoms with Crippen LogP contribution in [0.15, 0.2) is 18.2 Å². The molecule has 2 rings (SSSR count). The van der Waals surface area contributed by atoms with Crippen LogP contribution < -0.4 is 4.90 Å². The van der Waals surface area contributed by atoms with E-state index in [1.807, 2.05) is 17.0 Å². The van der Waals surface area contributed by atoms with Crippen LogP contribution in [0.2, 0.25) is 10.0 Å². The Morgan fingerprint density at radius 2 is 1.90 bits per heavy atom. The Bertz CT molecular complexity index is 499. The zero-order valence-electron chi connectivity index (χ0n) is 12.6. The molecule has 1 aromatic rings. The smallest absolute Gasteiger partial charge is 0.222 e. The highest BCUT2D eigenvalue weighted by Gasteiger charge is 2.23. The largest absolute Gasteiger partial charge is 0.367 e. The summed E-state index contributed by atoms with van der Waals surface area (Å²) < 4.78 is 0. The van der Waals surface area contributed by atoms with Crippen LogP contribution in [0.1, 0.15) is 26.7 Å². The van der Waals surface area contributed by atoms with Crippen LogP contribution in [0.25, 0.3) is 0 Å². The molecule has 1 heterocycles. The number of halogens is 2. The van der Waals surface area contributed by atoms with Crippen LogP contribution in [0, 0.1) is 5.92 Å². The summed E-state index contributed by atoms with van der Waals surface area (Å²) in [5, 5.41) is 1.31. The molecule has 0 radical (unpaired) electrons. The molecule has 1 saturated heterocycles. The van der Waals surface area contributed by atoms with E-state index in [1.165, 1.54) is 0 Å². The Balaban J connectivity index is 1.92. The van der Waals surface area contributed by atoms with Crippen molar-refractivity contribution in [1.82, 2.24) is 4.90 Å². The third kappa shape index (κ3) is 4.27. The molecule has 5 heteroatoms. The molecule has 0 aromatic heterocycles. The molecule has 116 valence electrons. The molecule has 1 fully saturated rings. The van der Waals surface area contributed by atoms with Crippen molar-refractivity contribution in [2.24, 2.45) is 5.92 Å². The predicted molar refractivity (Wildman–Crippen MR) is 89.3 cm³/mol. The standard InChI is InChI=1S/C16H22Cl2N2O/c1-3-12(2)10-16(21)20-8-6-19(7-9-20)15-5-4-13(17)11-14(15)18/h4-5,11-12H,3,6-10H2,1-2H3. The van der Waals surface area contributed by atoms with E-state index >= 15 is 0 Å².